The molecule has 0 spiro atoms. The molecule has 1 aromatic carbocycles. The first kappa shape index (κ1) is 14.7. The van der Waals surface area contributed by atoms with Gasteiger partial charge in [0.1, 0.15) is 6.61 Å². The van der Waals surface area contributed by atoms with Crippen LogP contribution in [0.25, 0.3) is 11.1 Å². The van der Waals surface area contributed by atoms with Gasteiger partial charge in [-0.1, -0.05) is 12.1 Å². The Morgan fingerprint density at radius 3 is 2.95 bits per heavy atom. The predicted octanol–water partition coefficient (Wildman–Crippen LogP) is 2.26. The molecule has 0 unspecified atom stereocenters. The van der Waals surface area contributed by atoms with Crippen molar-refractivity contribution >= 4 is 11.6 Å². The van der Waals surface area contributed by atoms with Crippen LogP contribution in [-0.4, -0.2) is 37.8 Å². The molecule has 114 valence electrons. The van der Waals surface area contributed by atoms with Gasteiger partial charge < -0.3 is 14.4 Å². The van der Waals surface area contributed by atoms with Crippen molar-refractivity contribution in [1.82, 2.24) is 4.98 Å². The Morgan fingerprint density at radius 1 is 1.27 bits per heavy atom. The number of carbonyl (C=O) groups excluding carboxylic acids is 1. The highest BCUT2D eigenvalue weighted by Gasteiger charge is 2.22. The lowest BCUT2D eigenvalue weighted by Gasteiger charge is -2.22. The van der Waals surface area contributed by atoms with Crippen LogP contribution in [0.15, 0.2) is 42.7 Å². The maximum Gasteiger partial charge on any atom is 0.253 e. The van der Waals surface area contributed by atoms with Crippen molar-refractivity contribution in [3.05, 3.63) is 48.3 Å². The van der Waals surface area contributed by atoms with Crippen LogP contribution in [0.2, 0.25) is 0 Å². The van der Waals surface area contributed by atoms with E-state index in [1.807, 2.05) is 30.5 Å². The molecule has 1 aliphatic heterocycles. The van der Waals surface area contributed by atoms with Crippen LogP contribution >= 0.6 is 0 Å². The molecular formula is C17H18N2O3. The second-order valence-electron chi connectivity index (χ2n) is 5.12. The minimum atomic E-state index is -0.0371. The number of methoxy groups -OCH3 is 1. The van der Waals surface area contributed by atoms with Crippen molar-refractivity contribution in [2.75, 3.05) is 31.8 Å². The van der Waals surface area contributed by atoms with Crippen LogP contribution in [0.4, 0.5) is 5.69 Å². The smallest absolute Gasteiger partial charge is 0.253 e. The van der Waals surface area contributed by atoms with E-state index in [0.717, 1.165) is 22.4 Å². The Labute approximate surface area is 129 Å². The van der Waals surface area contributed by atoms with Gasteiger partial charge in [0.15, 0.2) is 0 Å². The van der Waals surface area contributed by atoms with E-state index in [-0.39, 0.29) is 12.5 Å². The second kappa shape index (κ2) is 6.68. The van der Waals surface area contributed by atoms with Gasteiger partial charge in [0.05, 0.1) is 13.2 Å². The van der Waals surface area contributed by atoms with Gasteiger partial charge in [0, 0.05) is 42.9 Å². The summed E-state index contributed by atoms with van der Waals surface area (Å²) in [6.45, 7) is 1.55. The first-order valence-electron chi connectivity index (χ1n) is 7.20. The summed E-state index contributed by atoms with van der Waals surface area (Å²) in [5.74, 6) is -0.0371. The Morgan fingerprint density at radius 2 is 2.18 bits per heavy atom. The molecule has 0 fully saturated rings. The summed E-state index contributed by atoms with van der Waals surface area (Å²) in [6.07, 6.45) is 3.58. The number of hydrogen-bond acceptors (Lipinski definition) is 4. The van der Waals surface area contributed by atoms with Gasteiger partial charge in [-0.3, -0.25) is 9.78 Å². The van der Waals surface area contributed by atoms with Crippen molar-refractivity contribution in [3.63, 3.8) is 0 Å². The van der Waals surface area contributed by atoms with E-state index in [1.165, 1.54) is 0 Å². The number of carbonyl (C=O) groups is 1. The van der Waals surface area contributed by atoms with Crippen LogP contribution in [-0.2, 0) is 20.9 Å². The van der Waals surface area contributed by atoms with Crippen LogP contribution < -0.4 is 4.90 Å². The first-order chi connectivity index (χ1) is 10.8. The number of fused-ring (bicyclic) bond motifs is 1. The molecular weight excluding hydrogens is 280 g/mol. The highest BCUT2D eigenvalue weighted by molar-refractivity contribution is 5.96. The third-order valence-corrected chi connectivity index (χ3v) is 3.67. The molecule has 22 heavy (non-hydrogen) atoms. The monoisotopic (exact) mass is 298 g/mol. The van der Waals surface area contributed by atoms with Gasteiger partial charge in [0.2, 0.25) is 0 Å². The van der Waals surface area contributed by atoms with E-state index >= 15 is 0 Å². The first-order valence-corrected chi connectivity index (χ1v) is 7.20. The summed E-state index contributed by atoms with van der Waals surface area (Å²) in [6, 6.07) is 9.96. The third-order valence-electron chi connectivity index (χ3n) is 3.67. The lowest BCUT2D eigenvalue weighted by molar-refractivity contribution is -0.123. The molecule has 0 N–H and O–H groups in total. The van der Waals surface area contributed by atoms with E-state index in [2.05, 4.69) is 11.1 Å². The fourth-order valence-electron chi connectivity index (χ4n) is 2.57. The van der Waals surface area contributed by atoms with E-state index in [1.54, 1.807) is 18.2 Å². The molecule has 0 bridgehead atoms. The topological polar surface area (TPSA) is 51.7 Å². The molecule has 1 aliphatic rings. The standard InChI is InChI=1S/C17H18N2O3/c1-21-8-7-19-16-5-4-13(14-3-2-6-18-10-14)9-15(16)11-22-12-17(19)20/h2-6,9-10H,7-8,11-12H2,1H3. The van der Waals surface area contributed by atoms with Gasteiger partial charge in [-0.2, -0.15) is 0 Å². The Balaban J connectivity index is 1.97. The number of hydrogen-bond donors (Lipinski definition) is 0. The van der Waals surface area contributed by atoms with Crippen molar-refractivity contribution in [2.45, 2.75) is 6.61 Å². The summed E-state index contributed by atoms with van der Waals surface area (Å²) in [4.78, 5) is 18.1. The lowest BCUT2D eigenvalue weighted by atomic mass is 10.0. The number of rotatable bonds is 4. The summed E-state index contributed by atoms with van der Waals surface area (Å²) >= 11 is 0. The number of ether oxygens (including phenoxy) is 2. The third kappa shape index (κ3) is 3.00. The number of benzene rings is 1. The fraction of sp³-hybridized carbons (Fsp3) is 0.294. The van der Waals surface area contributed by atoms with E-state index in [9.17, 15) is 4.79 Å². The molecule has 1 aromatic heterocycles. The predicted molar refractivity (Wildman–Crippen MR) is 83.6 cm³/mol. The number of pyridine rings is 1. The average molecular weight is 298 g/mol. The SMILES string of the molecule is COCCN1C(=O)COCc2cc(-c3cccnc3)ccc21. The van der Waals surface area contributed by atoms with Crippen LogP contribution in [0.3, 0.4) is 0 Å². The van der Waals surface area contributed by atoms with E-state index < -0.39 is 0 Å². The summed E-state index contributed by atoms with van der Waals surface area (Å²) < 4.78 is 10.6. The molecule has 3 rings (SSSR count). The number of aromatic nitrogens is 1. The zero-order valence-electron chi connectivity index (χ0n) is 12.5. The molecule has 1 amide bonds. The van der Waals surface area contributed by atoms with Crippen LogP contribution in [0, 0.1) is 0 Å². The number of nitrogens with zero attached hydrogens (tertiary/aromatic N) is 2. The van der Waals surface area contributed by atoms with Gasteiger partial charge in [-0.15, -0.1) is 0 Å². The Kier molecular flexibility index (Phi) is 4.46. The number of anilines is 1. The Bertz CT molecular complexity index is 658. The molecule has 5 heteroatoms. The average Bonchev–Trinajstić information content (AvgIpc) is 2.71. The molecule has 5 nitrogen and oxygen atoms in total. The second-order valence-corrected chi connectivity index (χ2v) is 5.12. The van der Waals surface area contributed by atoms with Crippen molar-refractivity contribution in [2.24, 2.45) is 0 Å². The highest BCUT2D eigenvalue weighted by Crippen LogP contribution is 2.29. The van der Waals surface area contributed by atoms with Crippen LogP contribution in [0.5, 0.6) is 0 Å². The molecule has 0 radical (unpaired) electrons. The molecule has 0 saturated carbocycles. The van der Waals surface area contributed by atoms with Gasteiger partial charge >= 0.3 is 0 Å². The molecule has 2 heterocycles. The quantitative estimate of drug-likeness (QED) is 0.869. The number of amides is 1. The normalized spacial score (nSPS) is 14.6. The summed E-state index contributed by atoms with van der Waals surface area (Å²) in [5, 5.41) is 0. The van der Waals surface area contributed by atoms with Gasteiger partial charge in [0.25, 0.3) is 5.91 Å². The lowest BCUT2D eigenvalue weighted by Crippen LogP contribution is -2.35. The minimum Gasteiger partial charge on any atom is -0.383 e. The van der Waals surface area contributed by atoms with Crippen LogP contribution in [0.1, 0.15) is 5.56 Å². The van der Waals surface area contributed by atoms with Gasteiger partial charge in [-0.25, -0.2) is 0 Å². The van der Waals surface area contributed by atoms with Crippen molar-refractivity contribution in [1.29, 1.82) is 0 Å². The summed E-state index contributed by atoms with van der Waals surface area (Å²) in [5.41, 5.74) is 4.01. The highest BCUT2D eigenvalue weighted by atomic mass is 16.5. The maximum atomic E-state index is 12.2. The minimum absolute atomic E-state index is 0.0371. The van der Waals surface area contributed by atoms with Crippen molar-refractivity contribution < 1.29 is 14.3 Å². The molecule has 0 saturated heterocycles. The molecule has 0 aliphatic carbocycles. The van der Waals surface area contributed by atoms with Gasteiger partial charge in [-0.05, 0) is 23.8 Å². The Hall–Kier alpha value is -2.24. The maximum absolute atomic E-state index is 12.2. The van der Waals surface area contributed by atoms with Crippen molar-refractivity contribution in [3.8, 4) is 11.1 Å². The zero-order valence-corrected chi connectivity index (χ0v) is 12.5. The zero-order chi connectivity index (χ0) is 15.4. The summed E-state index contributed by atoms with van der Waals surface area (Å²) in [7, 11) is 1.63. The molecule has 2 aromatic rings. The molecule has 0 atom stereocenters. The fourth-order valence-corrected chi connectivity index (χ4v) is 2.57. The largest absolute Gasteiger partial charge is 0.383 e. The van der Waals surface area contributed by atoms with E-state index in [4.69, 9.17) is 9.47 Å². The van der Waals surface area contributed by atoms with E-state index in [0.29, 0.717) is 19.8 Å².